The number of hydrogen-bond acceptors (Lipinski definition) is 6. The van der Waals surface area contributed by atoms with Crippen molar-refractivity contribution in [1.29, 1.82) is 0 Å². The summed E-state index contributed by atoms with van der Waals surface area (Å²) in [5.41, 5.74) is 6.74. The molecule has 6 nitrogen and oxygen atoms in total. The highest BCUT2D eigenvalue weighted by atomic mass is 32.2. The molecule has 0 bridgehead atoms. The number of benzene rings is 1. The summed E-state index contributed by atoms with van der Waals surface area (Å²) in [5, 5.41) is 2.72. The first-order valence-electron chi connectivity index (χ1n) is 5.94. The van der Waals surface area contributed by atoms with E-state index in [4.69, 9.17) is 10.5 Å². The fraction of sp³-hybridized carbons (Fsp3) is 0.385. The molecule has 3 N–H and O–H groups in total. The average molecular weight is 298 g/mol. The first-order valence-corrected chi connectivity index (χ1v) is 7.10. The van der Waals surface area contributed by atoms with Gasteiger partial charge in [0, 0.05) is 11.4 Å². The zero-order valence-electron chi connectivity index (χ0n) is 11.5. The number of amides is 1. The average Bonchev–Trinajstić information content (AvgIpc) is 2.43. The van der Waals surface area contributed by atoms with Gasteiger partial charge in [-0.05, 0) is 18.2 Å². The van der Waals surface area contributed by atoms with E-state index < -0.39 is 0 Å². The Labute approximate surface area is 122 Å². The number of nitrogens with two attached hydrogens (primary N) is 1. The van der Waals surface area contributed by atoms with Crippen molar-refractivity contribution in [1.82, 2.24) is 0 Å². The monoisotopic (exact) mass is 298 g/mol. The zero-order chi connectivity index (χ0) is 15.0. The number of anilines is 2. The molecule has 0 saturated carbocycles. The number of carbonyl (C=O) groups excluding carboxylic acids is 2. The first kappa shape index (κ1) is 16.2. The molecule has 0 aromatic heterocycles. The number of methoxy groups -OCH3 is 2. The molecule has 1 rings (SSSR count). The van der Waals surface area contributed by atoms with Gasteiger partial charge in [-0.2, -0.15) is 11.8 Å². The van der Waals surface area contributed by atoms with Crippen molar-refractivity contribution < 1.29 is 19.1 Å². The molecule has 0 aliphatic rings. The predicted octanol–water partition coefficient (Wildman–Crippen LogP) is 1.51. The molecule has 20 heavy (non-hydrogen) atoms. The van der Waals surface area contributed by atoms with Crippen molar-refractivity contribution in [2.45, 2.75) is 6.42 Å². The molecular weight excluding hydrogens is 280 g/mol. The fourth-order valence-electron chi connectivity index (χ4n) is 1.43. The first-order chi connectivity index (χ1) is 9.56. The van der Waals surface area contributed by atoms with Crippen LogP contribution in [0, 0.1) is 0 Å². The van der Waals surface area contributed by atoms with Gasteiger partial charge in [-0.1, -0.05) is 0 Å². The second-order valence-corrected chi connectivity index (χ2v) is 4.99. The summed E-state index contributed by atoms with van der Waals surface area (Å²) < 4.78 is 9.65. The van der Waals surface area contributed by atoms with E-state index in [0.29, 0.717) is 22.9 Å². The second kappa shape index (κ2) is 8.31. The lowest BCUT2D eigenvalue weighted by atomic mass is 10.2. The van der Waals surface area contributed by atoms with E-state index in [9.17, 15) is 9.59 Å². The normalized spacial score (nSPS) is 9.90. The molecule has 1 aromatic rings. The predicted molar refractivity (Wildman–Crippen MR) is 80.0 cm³/mol. The highest BCUT2D eigenvalue weighted by Crippen LogP contribution is 2.26. The third kappa shape index (κ3) is 5.40. The number of rotatable bonds is 7. The Kier molecular flexibility index (Phi) is 6.72. The van der Waals surface area contributed by atoms with Crippen LogP contribution in [0.25, 0.3) is 0 Å². The van der Waals surface area contributed by atoms with Crippen molar-refractivity contribution in [3.8, 4) is 5.75 Å². The van der Waals surface area contributed by atoms with Gasteiger partial charge < -0.3 is 20.5 Å². The Hall–Kier alpha value is -1.89. The Morgan fingerprint density at radius 1 is 1.35 bits per heavy atom. The van der Waals surface area contributed by atoms with Crippen LogP contribution in [0.15, 0.2) is 18.2 Å². The summed E-state index contributed by atoms with van der Waals surface area (Å²) >= 11 is 1.36. The van der Waals surface area contributed by atoms with Gasteiger partial charge >= 0.3 is 5.97 Å². The van der Waals surface area contributed by atoms with Crippen LogP contribution in [0.5, 0.6) is 5.75 Å². The molecule has 0 atom stereocenters. The molecule has 0 unspecified atom stereocenters. The van der Waals surface area contributed by atoms with E-state index >= 15 is 0 Å². The molecule has 110 valence electrons. The lowest BCUT2D eigenvalue weighted by Crippen LogP contribution is -2.15. The van der Waals surface area contributed by atoms with E-state index in [1.807, 2.05) is 0 Å². The van der Waals surface area contributed by atoms with E-state index in [0.717, 1.165) is 0 Å². The highest BCUT2D eigenvalue weighted by molar-refractivity contribution is 7.99. The van der Waals surface area contributed by atoms with E-state index in [-0.39, 0.29) is 24.1 Å². The van der Waals surface area contributed by atoms with Gasteiger partial charge in [0.1, 0.15) is 5.75 Å². The molecule has 0 fully saturated rings. The standard InChI is InChI=1S/C13H18N2O4S/c1-18-11-4-3-9(14)7-10(11)15-12(16)8-20-6-5-13(17)19-2/h3-4,7H,5-6,8,14H2,1-2H3,(H,15,16). The van der Waals surface area contributed by atoms with Crippen LogP contribution >= 0.6 is 11.8 Å². The molecular formula is C13H18N2O4S. The fourth-order valence-corrected chi connectivity index (χ4v) is 2.14. The van der Waals surface area contributed by atoms with Crippen LogP contribution in [0.3, 0.4) is 0 Å². The number of carbonyl (C=O) groups is 2. The Morgan fingerprint density at radius 3 is 2.75 bits per heavy atom. The van der Waals surface area contributed by atoms with Crippen LogP contribution in [0.4, 0.5) is 11.4 Å². The van der Waals surface area contributed by atoms with Crippen molar-refractivity contribution in [2.24, 2.45) is 0 Å². The Bertz CT molecular complexity index is 479. The number of hydrogen-bond donors (Lipinski definition) is 2. The molecule has 0 heterocycles. The molecule has 0 aliphatic carbocycles. The van der Waals surface area contributed by atoms with Crippen molar-refractivity contribution >= 4 is 35.0 Å². The quantitative estimate of drug-likeness (QED) is 0.450. The number of esters is 1. The summed E-state index contributed by atoms with van der Waals surface area (Å²) in [5.74, 6) is 0.870. The Morgan fingerprint density at radius 2 is 2.10 bits per heavy atom. The van der Waals surface area contributed by atoms with Crippen LogP contribution in [-0.2, 0) is 14.3 Å². The smallest absolute Gasteiger partial charge is 0.306 e. The third-order valence-corrected chi connectivity index (χ3v) is 3.37. The van der Waals surface area contributed by atoms with Gasteiger partial charge in [-0.25, -0.2) is 0 Å². The lowest BCUT2D eigenvalue weighted by Gasteiger charge is -2.10. The van der Waals surface area contributed by atoms with Crippen molar-refractivity contribution in [3.05, 3.63) is 18.2 Å². The van der Waals surface area contributed by atoms with Gasteiger partial charge in [-0.15, -0.1) is 0 Å². The number of nitrogens with one attached hydrogen (secondary N) is 1. The van der Waals surface area contributed by atoms with Gasteiger partial charge in [0.15, 0.2) is 0 Å². The van der Waals surface area contributed by atoms with Crippen molar-refractivity contribution in [2.75, 3.05) is 36.8 Å². The van der Waals surface area contributed by atoms with Crippen LogP contribution in [0.2, 0.25) is 0 Å². The van der Waals surface area contributed by atoms with E-state index in [1.54, 1.807) is 18.2 Å². The summed E-state index contributed by atoms with van der Waals surface area (Å²) in [7, 11) is 2.86. The van der Waals surface area contributed by atoms with Crippen LogP contribution < -0.4 is 15.8 Å². The van der Waals surface area contributed by atoms with Crippen molar-refractivity contribution in [3.63, 3.8) is 0 Å². The molecule has 7 heteroatoms. The lowest BCUT2D eigenvalue weighted by molar-refractivity contribution is -0.140. The van der Waals surface area contributed by atoms with Gasteiger partial charge in [0.25, 0.3) is 0 Å². The van der Waals surface area contributed by atoms with Gasteiger partial charge in [-0.3, -0.25) is 9.59 Å². The van der Waals surface area contributed by atoms with Gasteiger partial charge in [0.05, 0.1) is 32.1 Å². The molecule has 1 amide bonds. The molecule has 0 spiro atoms. The summed E-state index contributed by atoms with van der Waals surface area (Å²) in [6, 6.07) is 5.02. The van der Waals surface area contributed by atoms with Gasteiger partial charge in [0.2, 0.25) is 5.91 Å². The third-order valence-electron chi connectivity index (χ3n) is 2.41. The SMILES string of the molecule is COC(=O)CCSCC(=O)Nc1cc(N)ccc1OC. The topological polar surface area (TPSA) is 90.7 Å². The Balaban J connectivity index is 2.42. The van der Waals surface area contributed by atoms with Crippen LogP contribution in [-0.4, -0.2) is 37.6 Å². The second-order valence-electron chi connectivity index (χ2n) is 3.89. The zero-order valence-corrected chi connectivity index (χ0v) is 12.3. The van der Waals surface area contributed by atoms with E-state index in [2.05, 4.69) is 10.1 Å². The minimum absolute atomic E-state index is 0.177. The molecule has 0 radical (unpaired) electrons. The maximum atomic E-state index is 11.8. The van der Waals surface area contributed by atoms with Crippen LogP contribution in [0.1, 0.15) is 6.42 Å². The molecule has 0 saturated heterocycles. The largest absolute Gasteiger partial charge is 0.495 e. The number of nitrogen functional groups attached to an aromatic ring is 1. The number of thioether (sulfide) groups is 1. The summed E-state index contributed by atoms with van der Waals surface area (Å²) in [4.78, 5) is 22.7. The number of ether oxygens (including phenoxy) is 2. The minimum atomic E-state index is -0.282. The molecule has 1 aromatic carbocycles. The summed E-state index contributed by atoms with van der Waals surface area (Å²) in [6.45, 7) is 0. The minimum Gasteiger partial charge on any atom is -0.495 e. The maximum Gasteiger partial charge on any atom is 0.306 e. The highest BCUT2D eigenvalue weighted by Gasteiger charge is 2.08. The molecule has 0 aliphatic heterocycles. The maximum absolute atomic E-state index is 11.8. The van der Waals surface area contributed by atoms with E-state index in [1.165, 1.54) is 26.0 Å². The summed E-state index contributed by atoms with van der Waals surface area (Å²) in [6.07, 6.45) is 0.288.